The SMILES string of the molecule is CC(=O)N1C[C@]2(NC(=O)c3ccccc3N2)c2ccccc21. The molecule has 0 unspecified atom stereocenters. The van der Waals surface area contributed by atoms with Crippen LogP contribution in [0.1, 0.15) is 22.8 Å². The number of nitrogens with one attached hydrogen (secondary N) is 2. The average molecular weight is 293 g/mol. The van der Waals surface area contributed by atoms with Crippen molar-refractivity contribution in [1.29, 1.82) is 0 Å². The third-order valence-electron chi connectivity index (χ3n) is 4.28. The van der Waals surface area contributed by atoms with E-state index in [4.69, 9.17) is 0 Å². The Bertz CT molecular complexity index is 802. The van der Waals surface area contributed by atoms with E-state index in [0.29, 0.717) is 12.1 Å². The van der Waals surface area contributed by atoms with Gasteiger partial charge in [-0.05, 0) is 18.2 Å². The highest BCUT2D eigenvalue weighted by molar-refractivity contribution is 6.04. The summed E-state index contributed by atoms with van der Waals surface area (Å²) in [5, 5.41) is 6.46. The molecule has 1 spiro atoms. The summed E-state index contributed by atoms with van der Waals surface area (Å²) in [6, 6.07) is 15.1. The first-order chi connectivity index (χ1) is 10.6. The van der Waals surface area contributed by atoms with E-state index in [1.165, 1.54) is 6.92 Å². The molecule has 0 aliphatic carbocycles. The van der Waals surface area contributed by atoms with Gasteiger partial charge in [0.1, 0.15) is 0 Å². The summed E-state index contributed by atoms with van der Waals surface area (Å²) < 4.78 is 0. The molecule has 2 heterocycles. The number of carbonyl (C=O) groups is 2. The molecule has 2 amide bonds. The Morgan fingerprint density at radius 1 is 1.09 bits per heavy atom. The highest BCUT2D eigenvalue weighted by Gasteiger charge is 2.47. The smallest absolute Gasteiger partial charge is 0.255 e. The van der Waals surface area contributed by atoms with E-state index in [2.05, 4.69) is 10.6 Å². The lowest BCUT2D eigenvalue weighted by atomic mass is 9.96. The molecule has 2 aliphatic heterocycles. The standard InChI is InChI=1S/C17H15N3O2/c1-11(21)20-10-17(13-7-3-5-9-15(13)20)18-14-8-4-2-6-12(14)16(22)19-17/h2-9,18H,10H2,1H3,(H,19,22)/t17-/m0/s1. The van der Waals surface area contributed by atoms with Crippen LogP contribution in [0, 0.1) is 0 Å². The molecule has 2 aliphatic rings. The lowest BCUT2D eigenvalue weighted by molar-refractivity contribution is -0.116. The molecule has 1 atom stereocenters. The van der Waals surface area contributed by atoms with E-state index in [9.17, 15) is 9.59 Å². The number of hydrogen-bond acceptors (Lipinski definition) is 3. The highest BCUT2D eigenvalue weighted by Crippen LogP contribution is 2.42. The van der Waals surface area contributed by atoms with Crippen molar-refractivity contribution in [3.05, 3.63) is 59.7 Å². The number of benzene rings is 2. The molecule has 2 N–H and O–H groups in total. The van der Waals surface area contributed by atoms with Crippen molar-refractivity contribution >= 4 is 23.2 Å². The average Bonchev–Trinajstić information content (AvgIpc) is 2.82. The molecule has 0 aromatic heterocycles. The van der Waals surface area contributed by atoms with Crippen LogP contribution in [0.3, 0.4) is 0 Å². The molecule has 4 rings (SSSR count). The monoisotopic (exact) mass is 293 g/mol. The predicted octanol–water partition coefficient (Wildman–Crippen LogP) is 2.06. The van der Waals surface area contributed by atoms with Gasteiger partial charge in [0.25, 0.3) is 5.91 Å². The van der Waals surface area contributed by atoms with Crippen LogP contribution in [-0.4, -0.2) is 18.4 Å². The second-order valence-electron chi connectivity index (χ2n) is 5.65. The van der Waals surface area contributed by atoms with Crippen LogP contribution in [0.2, 0.25) is 0 Å². The normalized spacial score (nSPS) is 21.9. The fourth-order valence-corrected chi connectivity index (χ4v) is 3.28. The quantitative estimate of drug-likeness (QED) is 0.781. The van der Waals surface area contributed by atoms with E-state index in [-0.39, 0.29) is 11.8 Å². The molecule has 0 radical (unpaired) electrons. The van der Waals surface area contributed by atoms with Crippen molar-refractivity contribution in [3.63, 3.8) is 0 Å². The number of hydrogen-bond donors (Lipinski definition) is 2. The first-order valence-corrected chi connectivity index (χ1v) is 7.18. The summed E-state index contributed by atoms with van der Waals surface area (Å²) in [4.78, 5) is 26.1. The maximum absolute atomic E-state index is 12.5. The molecule has 5 nitrogen and oxygen atoms in total. The fourth-order valence-electron chi connectivity index (χ4n) is 3.28. The van der Waals surface area contributed by atoms with Crippen molar-refractivity contribution in [1.82, 2.24) is 5.32 Å². The van der Waals surface area contributed by atoms with Gasteiger partial charge in [0.15, 0.2) is 5.66 Å². The van der Waals surface area contributed by atoms with Crippen LogP contribution >= 0.6 is 0 Å². The number of carbonyl (C=O) groups excluding carboxylic acids is 2. The molecule has 0 saturated carbocycles. The Balaban J connectivity index is 1.87. The van der Waals surface area contributed by atoms with E-state index in [0.717, 1.165) is 16.9 Å². The minimum Gasteiger partial charge on any atom is -0.357 e. The number of anilines is 2. The molecule has 22 heavy (non-hydrogen) atoms. The first-order valence-electron chi connectivity index (χ1n) is 7.18. The van der Waals surface area contributed by atoms with Crippen LogP contribution in [-0.2, 0) is 10.5 Å². The molecule has 0 saturated heterocycles. The minimum absolute atomic E-state index is 0.0424. The number of nitrogens with zero attached hydrogens (tertiary/aromatic N) is 1. The Labute approximate surface area is 127 Å². The maximum atomic E-state index is 12.5. The Hall–Kier alpha value is -2.82. The van der Waals surface area contributed by atoms with Crippen LogP contribution in [0.4, 0.5) is 11.4 Å². The molecule has 0 bridgehead atoms. The van der Waals surface area contributed by atoms with Gasteiger partial charge in [0, 0.05) is 18.2 Å². The lowest BCUT2D eigenvalue weighted by Crippen LogP contribution is -2.57. The molecule has 0 fully saturated rings. The minimum atomic E-state index is -0.770. The maximum Gasteiger partial charge on any atom is 0.255 e. The van der Waals surface area contributed by atoms with Crippen molar-refractivity contribution in [2.24, 2.45) is 0 Å². The van der Waals surface area contributed by atoms with Crippen molar-refractivity contribution < 1.29 is 9.59 Å². The topological polar surface area (TPSA) is 61.4 Å². The molecule has 110 valence electrons. The number of rotatable bonds is 0. The summed E-state index contributed by atoms with van der Waals surface area (Å²) >= 11 is 0. The van der Waals surface area contributed by atoms with Crippen LogP contribution in [0.25, 0.3) is 0 Å². The van der Waals surface area contributed by atoms with Gasteiger partial charge in [0.2, 0.25) is 5.91 Å². The van der Waals surface area contributed by atoms with Crippen LogP contribution in [0.5, 0.6) is 0 Å². The third kappa shape index (κ3) is 1.65. The van der Waals surface area contributed by atoms with E-state index >= 15 is 0 Å². The largest absolute Gasteiger partial charge is 0.357 e. The number of fused-ring (bicyclic) bond motifs is 3. The summed E-state index contributed by atoms with van der Waals surface area (Å²) in [5.41, 5.74) is 2.38. The predicted molar refractivity (Wildman–Crippen MR) is 83.7 cm³/mol. The van der Waals surface area contributed by atoms with Gasteiger partial charge in [-0.25, -0.2) is 0 Å². The third-order valence-corrected chi connectivity index (χ3v) is 4.28. The summed E-state index contributed by atoms with van der Waals surface area (Å²) in [6.45, 7) is 1.91. The Morgan fingerprint density at radius 2 is 1.82 bits per heavy atom. The molecule has 2 aromatic carbocycles. The molecule has 5 heteroatoms. The van der Waals surface area contributed by atoms with Gasteiger partial charge < -0.3 is 15.5 Å². The molecule has 2 aromatic rings. The summed E-state index contributed by atoms with van der Waals surface area (Å²) in [5.74, 6) is -0.172. The van der Waals surface area contributed by atoms with Crippen molar-refractivity contribution in [3.8, 4) is 0 Å². The van der Waals surface area contributed by atoms with Crippen molar-refractivity contribution in [2.75, 3.05) is 16.8 Å². The zero-order valence-corrected chi connectivity index (χ0v) is 12.1. The Morgan fingerprint density at radius 3 is 2.64 bits per heavy atom. The van der Waals surface area contributed by atoms with E-state index in [1.54, 1.807) is 11.0 Å². The fraction of sp³-hybridized carbons (Fsp3) is 0.176. The highest BCUT2D eigenvalue weighted by atomic mass is 16.2. The summed E-state index contributed by atoms with van der Waals surface area (Å²) in [6.07, 6.45) is 0. The van der Waals surface area contributed by atoms with Gasteiger partial charge in [-0.2, -0.15) is 0 Å². The van der Waals surface area contributed by atoms with E-state index in [1.807, 2.05) is 42.5 Å². The van der Waals surface area contributed by atoms with Gasteiger partial charge in [-0.15, -0.1) is 0 Å². The van der Waals surface area contributed by atoms with Gasteiger partial charge >= 0.3 is 0 Å². The Kier molecular flexibility index (Phi) is 2.54. The molecular weight excluding hydrogens is 278 g/mol. The van der Waals surface area contributed by atoms with Crippen molar-refractivity contribution in [2.45, 2.75) is 12.6 Å². The second-order valence-corrected chi connectivity index (χ2v) is 5.65. The van der Waals surface area contributed by atoms with Gasteiger partial charge in [-0.3, -0.25) is 9.59 Å². The van der Waals surface area contributed by atoms with Gasteiger partial charge in [0.05, 0.1) is 17.8 Å². The lowest BCUT2D eigenvalue weighted by Gasteiger charge is -2.37. The van der Waals surface area contributed by atoms with Crippen LogP contribution < -0.4 is 15.5 Å². The zero-order chi connectivity index (χ0) is 15.3. The number of para-hydroxylation sites is 2. The zero-order valence-electron chi connectivity index (χ0n) is 12.1. The summed E-state index contributed by atoms with van der Waals surface area (Å²) in [7, 11) is 0. The second kappa shape index (κ2) is 4.34. The van der Waals surface area contributed by atoms with E-state index < -0.39 is 5.66 Å². The number of amides is 2. The molecular formula is C17H15N3O2. The van der Waals surface area contributed by atoms with Crippen LogP contribution in [0.15, 0.2) is 48.5 Å². The first kappa shape index (κ1) is 12.9. The van der Waals surface area contributed by atoms with Gasteiger partial charge in [-0.1, -0.05) is 30.3 Å².